The minimum absolute atomic E-state index is 0.204. The van der Waals surface area contributed by atoms with Crippen molar-refractivity contribution in [2.75, 3.05) is 6.54 Å². The number of hydrogen-bond acceptors (Lipinski definition) is 4. The third-order valence-corrected chi connectivity index (χ3v) is 3.43. The molecule has 20 heavy (non-hydrogen) atoms. The summed E-state index contributed by atoms with van der Waals surface area (Å²) in [6, 6.07) is 6.24. The van der Waals surface area contributed by atoms with Crippen molar-refractivity contribution in [3.63, 3.8) is 0 Å². The number of halogens is 1. The fraction of sp³-hybridized carbons (Fsp3) is 0.286. The molecule has 1 aromatic heterocycles. The monoisotopic (exact) mass is 293 g/mol. The van der Waals surface area contributed by atoms with Crippen LogP contribution in [-0.2, 0) is 6.54 Å². The summed E-state index contributed by atoms with van der Waals surface area (Å²) in [5.41, 5.74) is 1.30. The molecule has 0 saturated heterocycles. The lowest BCUT2D eigenvalue weighted by atomic mass is 10.2. The van der Waals surface area contributed by atoms with Crippen LogP contribution in [0.4, 0.5) is 4.39 Å². The number of aryl methyl sites for hydroxylation is 1. The number of aromatic amines is 1. The summed E-state index contributed by atoms with van der Waals surface area (Å²) in [7, 11) is 0. The highest BCUT2D eigenvalue weighted by atomic mass is 32.2. The van der Waals surface area contributed by atoms with Gasteiger partial charge in [0.1, 0.15) is 5.82 Å². The lowest BCUT2D eigenvalue weighted by molar-refractivity contribution is 0.617. The van der Waals surface area contributed by atoms with Gasteiger partial charge < -0.3 is 10.3 Å². The molecule has 4 nitrogen and oxygen atoms in total. The van der Waals surface area contributed by atoms with Gasteiger partial charge in [-0.2, -0.15) is 0 Å². The Balaban J connectivity index is 2.23. The van der Waals surface area contributed by atoms with Crippen LogP contribution >= 0.6 is 11.8 Å². The molecular formula is C14H16FN3OS. The second-order valence-electron chi connectivity index (χ2n) is 4.37. The molecule has 0 saturated carbocycles. The average Bonchev–Trinajstić information content (AvgIpc) is 2.34. The molecule has 2 N–H and O–H groups in total. The number of H-pyrrole nitrogens is 1. The quantitative estimate of drug-likeness (QED) is 0.832. The maximum Gasteiger partial charge on any atom is 0.251 e. The average molecular weight is 293 g/mol. The number of aromatic nitrogens is 2. The van der Waals surface area contributed by atoms with E-state index in [1.54, 1.807) is 6.92 Å². The van der Waals surface area contributed by atoms with Crippen LogP contribution in [0.1, 0.15) is 18.2 Å². The summed E-state index contributed by atoms with van der Waals surface area (Å²) in [6.07, 6.45) is 0. The van der Waals surface area contributed by atoms with Crippen LogP contribution in [0, 0.1) is 12.7 Å². The molecule has 2 aromatic rings. The zero-order chi connectivity index (χ0) is 14.5. The van der Waals surface area contributed by atoms with Crippen LogP contribution < -0.4 is 10.9 Å². The van der Waals surface area contributed by atoms with Crippen molar-refractivity contribution in [2.24, 2.45) is 0 Å². The normalized spacial score (nSPS) is 10.8. The number of nitrogens with one attached hydrogen (secondary N) is 2. The zero-order valence-electron chi connectivity index (χ0n) is 11.4. The molecule has 0 aliphatic carbocycles. The van der Waals surface area contributed by atoms with Crippen molar-refractivity contribution in [1.82, 2.24) is 15.3 Å². The Morgan fingerprint density at radius 1 is 1.35 bits per heavy atom. The summed E-state index contributed by atoms with van der Waals surface area (Å²) in [5, 5.41) is 3.62. The molecule has 2 rings (SSSR count). The van der Waals surface area contributed by atoms with Gasteiger partial charge in [-0.05, 0) is 37.2 Å². The predicted octanol–water partition coefficient (Wildman–Crippen LogP) is 2.48. The van der Waals surface area contributed by atoms with Gasteiger partial charge in [0.25, 0.3) is 5.56 Å². The van der Waals surface area contributed by atoms with Crippen molar-refractivity contribution in [2.45, 2.75) is 30.4 Å². The summed E-state index contributed by atoms with van der Waals surface area (Å²) in [5.74, 6) is -0.294. The first-order valence-corrected chi connectivity index (χ1v) is 7.14. The molecule has 0 aliphatic rings. The van der Waals surface area contributed by atoms with E-state index in [0.717, 1.165) is 12.1 Å². The molecule has 0 fully saturated rings. The first kappa shape index (κ1) is 14.7. The Labute approximate surface area is 120 Å². The maximum absolute atomic E-state index is 13.6. The Bertz CT molecular complexity index is 657. The highest BCUT2D eigenvalue weighted by Gasteiger charge is 2.05. The lowest BCUT2D eigenvalue weighted by Crippen LogP contribution is -2.12. The third kappa shape index (κ3) is 4.18. The van der Waals surface area contributed by atoms with Crippen molar-refractivity contribution < 1.29 is 4.39 Å². The van der Waals surface area contributed by atoms with Gasteiger partial charge in [-0.25, -0.2) is 9.37 Å². The van der Waals surface area contributed by atoms with Crippen LogP contribution in [-0.4, -0.2) is 16.5 Å². The van der Waals surface area contributed by atoms with Gasteiger partial charge in [-0.15, -0.1) is 0 Å². The largest absolute Gasteiger partial charge is 0.313 e. The molecule has 1 heterocycles. The van der Waals surface area contributed by atoms with E-state index in [0.29, 0.717) is 22.3 Å². The van der Waals surface area contributed by atoms with Gasteiger partial charge in [-0.1, -0.05) is 18.7 Å². The molecule has 0 amide bonds. The summed E-state index contributed by atoms with van der Waals surface area (Å²) in [4.78, 5) is 19.0. The molecule has 0 bridgehead atoms. The first-order valence-electron chi connectivity index (χ1n) is 6.33. The minimum Gasteiger partial charge on any atom is -0.313 e. The van der Waals surface area contributed by atoms with Gasteiger partial charge in [0.05, 0.1) is 0 Å². The van der Waals surface area contributed by atoms with E-state index < -0.39 is 0 Å². The van der Waals surface area contributed by atoms with Gasteiger partial charge in [0.15, 0.2) is 5.16 Å². The minimum atomic E-state index is -0.294. The fourth-order valence-corrected chi connectivity index (χ4v) is 2.71. The van der Waals surface area contributed by atoms with Crippen molar-refractivity contribution >= 4 is 11.8 Å². The van der Waals surface area contributed by atoms with E-state index in [-0.39, 0.29) is 11.4 Å². The fourth-order valence-electron chi connectivity index (χ4n) is 1.76. The highest BCUT2D eigenvalue weighted by molar-refractivity contribution is 7.99. The number of rotatable bonds is 5. The van der Waals surface area contributed by atoms with E-state index in [9.17, 15) is 9.18 Å². The van der Waals surface area contributed by atoms with E-state index in [1.807, 2.05) is 13.0 Å². The molecule has 0 atom stereocenters. The number of hydrogen-bond donors (Lipinski definition) is 2. The summed E-state index contributed by atoms with van der Waals surface area (Å²) >= 11 is 1.24. The molecule has 1 aromatic carbocycles. The van der Waals surface area contributed by atoms with Crippen LogP contribution in [0.5, 0.6) is 0 Å². The lowest BCUT2D eigenvalue weighted by Gasteiger charge is -2.06. The highest BCUT2D eigenvalue weighted by Crippen LogP contribution is 2.25. The van der Waals surface area contributed by atoms with Crippen LogP contribution in [0.3, 0.4) is 0 Å². The molecule has 0 spiro atoms. The van der Waals surface area contributed by atoms with E-state index in [2.05, 4.69) is 15.3 Å². The summed E-state index contributed by atoms with van der Waals surface area (Å²) < 4.78 is 13.6. The van der Waals surface area contributed by atoms with Gasteiger partial charge in [0, 0.05) is 23.2 Å². The van der Waals surface area contributed by atoms with E-state index in [4.69, 9.17) is 0 Å². The second kappa shape index (κ2) is 6.67. The summed E-state index contributed by atoms with van der Waals surface area (Å²) in [6.45, 7) is 5.18. The molecule has 106 valence electrons. The molecule has 0 unspecified atom stereocenters. The third-order valence-electron chi connectivity index (χ3n) is 2.57. The van der Waals surface area contributed by atoms with Gasteiger partial charge >= 0.3 is 0 Å². The smallest absolute Gasteiger partial charge is 0.251 e. The van der Waals surface area contributed by atoms with Crippen LogP contribution in [0.2, 0.25) is 0 Å². The standard InChI is InChI=1S/C14H16FN3OS/c1-3-16-8-10-5-11(15)7-12(6-10)20-14-17-9(2)4-13(19)18-14/h4-7,16H,3,8H2,1-2H3,(H,17,18,19). The van der Waals surface area contributed by atoms with Crippen molar-refractivity contribution in [3.05, 3.63) is 51.7 Å². The maximum atomic E-state index is 13.6. The van der Waals surface area contributed by atoms with Crippen LogP contribution in [0.25, 0.3) is 0 Å². The van der Waals surface area contributed by atoms with Gasteiger partial charge in [-0.3, -0.25) is 4.79 Å². The van der Waals surface area contributed by atoms with E-state index in [1.165, 1.54) is 30.0 Å². The second-order valence-corrected chi connectivity index (χ2v) is 5.43. The van der Waals surface area contributed by atoms with Crippen LogP contribution in [0.15, 0.2) is 39.1 Å². The molecular weight excluding hydrogens is 277 g/mol. The first-order chi connectivity index (χ1) is 9.56. The predicted molar refractivity (Wildman–Crippen MR) is 77.5 cm³/mol. The zero-order valence-corrected chi connectivity index (χ0v) is 12.2. The number of benzene rings is 1. The van der Waals surface area contributed by atoms with Gasteiger partial charge in [0.2, 0.25) is 0 Å². The molecule has 6 heteroatoms. The molecule has 0 radical (unpaired) electrons. The topological polar surface area (TPSA) is 57.8 Å². The SMILES string of the molecule is CCNCc1cc(F)cc(Sc2nc(C)cc(=O)[nH]2)c1. The van der Waals surface area contributed by atoms with Crippen molar-refractivity contribution in [1.29, 1.82) is 0 Å². The Morgan fingerprint density at radius 3 is 2.85 bits per heavy atom. The Hall–Kier alpha value is -1.66. The molecule has 0 aliphatic heterocycles. The van der Waals surface area contributed by atoms with Crippen molar-refractivity contribution in [3.8, 4) is 0 Å². The Morgan fingerprint density at radius 2 is 2.15 bits per heavy atom. The Kier molecular flexibility index (Phi) is 4.92. The number of nitrogens with zero attached hydrogens (tertiary/aromatic N) is 1. The van der Waals surface area contributed by atoms with E-state index >= 15 is 0 Å².